The molecule has 5 nitrogen and oxygen atoms in total. The van der Waals surface area contributed by atoms with E-state index in [1.807, 2.05) is 63.2 Å². The molecule has 0 bridgehead atoms. The normalized spacial score (nSPS) is 11.5. The summed E-state index contributed by atoms with van der Waals surface area (Å²) in [6.07, 6.45) is 0.150. The van der Waals surface area contributed by atoms with Crippen molar-refractivity contribution in [2.24, 2.45) is 0 Å². The first-order chi connectivity index (χ1) is 13.5. The lowest BCUT2D eigenvalue weighted by atomic mass is 10.0. The van der Waals surface area contributed by atoms with Crippen LogP contribution in [0.25, 0.3) is 0 Å². The molecular formula is C23H28N2O3. The molecule has 28 heavy (non-hydrogen) atoms. The summed E-state index contributed by atoms with van der Waals surface area (Å²) in [6.45, 7) is 6.91. The number of benzene rings is 2. The predicted molar refractivity (Wildman–Crippen MR) is 110 cm³/mol. The molecule has 5 heteroatoms. The number of aryl methyl sites for hydroxylation is 1. The Hall–Kier alpha value is -2.95. The van der Waals surface area contributed by atoms with E-state index in [0.29, 0.717) is 18.7 Å². The van der Waals surface area contributed by atoms with Crippen molar-refractivity contribution in [1.29, 1.82) is 0 Å². The molecule has 0 fully saturated rings. The van der Waals surface area contributed by atoms with Crippen LogP contribution in [-0.4, -0.2) is 35.6 Å². The second-order valence-corrected chi connectivity index (χ2v) is 6.71. The van der Waals surface area contributed by atoms with E-state index in [2.05, 4.69) is 5.32 Å². The average Bonchev–Trinajstić information content (AvgIpc) is 2.72. The number of hydrogen-bond donors (Lipinski definition) is 1. The quantitative estimate of drug-likeness (QED) is 0.675. The minimum absolute atomic E-state index is 0.0432. The Labute approximate surface area is 166 Å². The first kappa shape index (κ1) is 21.4. The minimum atomic E-state index is -0.747. The number of nitrogens with zero attached hydrogens (tertiary/aromatic N) is 1. The van der Waals surface area contributed by atoms with E-state index in [4.69, 9.17) is 0 Å². The highest BCUT2D eigenvalue weighted by Crippen LogP contribution is 2.17. The number of carbonyl (C=O) groups is 3. The molecule has 1 atom stereocenters. The molecule has 148 valence electrons. The number of amides is 2. The molecule has 0 aliphatic carbocycles. The molecular weight excluding hydrogens is 352 g/mol. The lowest BCUT2D eigenvalue weighted by Crippen LogP contribution is -2.42. The van der Waals surface area contributed by atoms with Gasteiger partial charge in [0.25, 0.3) is 0 Å². The third-order valence-electron chi connectivity index (χ3n) is 4.71. The first-order valence-electron chi connectivity index (χ1n) is 9.69. The summed E-state index contributed by atoms with van der Waals surface area (Å²) in [5, 5.41) is 2.82. The van der Waals surface area contributed by atoms with Gasteiger partial charge in [0.05, 0.1) is 0 Å². The van der Waals surface area contributed by atoms with E-state index in [1.54, 1.807) is 17.0 Å². The summed E-state index contributed by atoms with van der Waals surface area (Å²) < 4.78 is 0. The molecule has 0 heterocycles. The Morgan fingerprint density at radius 3 is 2.07 bits per heavy atom. The molecule has 0 unspecified atom stereocenters. The number of nitrogens with one attached hydrogen (secondary N) is 1. The Kier molecular flexibility index (Phi) is 7.93. The maximum Gasteiger partial charge on any atom is 0.249 e. The van der Waals surface area contributed by atoms with Crippen molar-refractivity contribution < 1.29 is 14.4 Å². The van der Waals surface area contributed by atoms with Crippen LogP contribution in [0, 0.1) is 6.92 Å². The lowest BCUT2D eigenvalue weighted by Gasteiger charge is -2.26. The molecule has 2 aromatic rings. The average molecular weight is 380 g/mol. The molecule has 2 amide bonds. The Bertz CT molecular complexity index is 796. The van der Waals surface area contributed by atoms with Gasteiger partial charge < -0.3 is 10.2 Å². The summed E-state index contributed by atoms with van der Waals surface area (Å²) in [5.74, 6) is -0.536. The van der Waals surface area contributed by atoms with Crippen LogP contribution in [0.4, 0.5) is 0 Å². The predicted octanol–water partition coefficient (Wildman–Crippen LogP) is 3.68. The minimum Gasteiger partial charge on any atom is -0.341 e. The van der Waals surface area contributed by atoms with Crippen LogP contribution in [-0.2, 0) is 9.59 Å². The van der Waals surface area contributed by atoms with Gasteiger partial charge in [0.15, 0.2) is 5.78 Å². The molecule has 0 radical (unpaired) electrons. The third kappa shape index (κ3) is 5.78. The fraction of sp³-hybridized carbons (Fsp3) is 0.348. The summed E-state index contributed by atoms with van der Waals surface area (Å²) in [7, 11) is 0. The van der Waals surface area contributed by atoms with Gasteiger partial charge in [-0.3, -0.25) is 14.4 Å². The Morgan fingerprint density at radius 2 is 1.50 bits per heavy atom. The maximum atomic E-state index is 12.9. The van der Waals surface area contributed by atoms with Gasteiger partial charge in [-0.2, -0.15) is 0 Å². The zero-order chi connectivity index (χ0) is 20.5. The van der Waals surface area contributed by atoms with Crippen molar-refractivity contribution in [2.45, 2.75) is 39.7 Å². The van der Waals surface area contributed by atoms with Crippen molar-refractivity contribution in [1.82, 2.24) is 10.2 Å². The molecule has 0 saturated carbocycles. The second kappa shape index (κ2) is 10.4. The summed E-state index contributed by atoms with van der Waals surface area (Å²) in [4.78, 5) is 39.3. The van der Waals surface area contributed by atoms with E-state index in [1.165, 1.54) is 0 Å². The Morgan fingerprint density at radius 1 is 0.893 bits per heavy atom. The van der Waals surface area contributed by atoms with Gasteiger partial charge in [0, 0.05) is 31.5 Å². The zero-order valence-corrected chi connectivity index (χ0v) is 16.8. The van der Waals surface area contributed by atoms with Gasteiger partial charge >= 0.3 is 0 Å². The largest absolute Gasteiger partial charge is 0.341 e. The topological polar surface area (TPSA) is 66.5 Å². The molecule has 2 aromatic carbocycles. The van der Waals surface area contributed by atoms with Gasteiger partial charge in [0.1, 0.15) is 6.04 Å². The highest BCUT2D eigenvalue weighted by Gasteiger charge is 2.26. The van der Waals surface area contributed by atoms with Gasteiger partial charge in [-0.15, -0.1) is 0 Å². The Balaban J connectivity index is 2.04. The van der Waals surface area contributed by atoms with Gasteiger partial charge in [0.2, 0.25) is 11.8 Å². The lowest BCUT2D eigenvalue weighted by molar-refractivity contribution is -0.136. The molecule has 1 N–H and O–H groups in total. The number of hydrogen-bond acceptors (Lipinski definition) is 3. The zero-order valence-electron chi connectivity index (χ0n) is 16.8. The van der Waals surface area contributed by atoms with Crippen LogP contribution < -0.4 is 5.32 Å². The standard InChI is InChI=1S/C23H28N2O3/c1-4-25(5-2)23(28)22(19-9-7-6-8-10-19)24-21(27)16-15-20(26)18-13-11-17(3)12-14-18/h6-14,22H,4-5,15-16H2,1-3H3,(H,24,27)/t22-/m0/s1. The molecule has 0 aliphatic heterocycles. The van der Waals surface area contributed by atoms with Crippen LogP contribution in [0.15, 0.2) is 54.6 Å². The molecule has 0 spiro atoms. The highest BCUT2D eigenvalue weighted by molar-refractivity contribution is 5.98. The van der Waals surface area contributed by atoms with Crippen LogP contribution in [0.1, 0.15) is 54.2 Å². The van der Waals surface area contributed by atoms with Crippen molar-refractivity contribution in [3.05, 3.63) is 71.3 Å². The number of likely N-dealkylation sites (N-methyl/N-ethyl adjacent to an activating group) is 1. The SMILES string of the molecule is CCN(CC)C(=O)[C@@H](NC(=O)CCC(=O)c1ccc(C)cc1)c1ccccc1. The molecule has 2 rings (SSSR count). The number of Topliss-reactive ketones (excluding diaryl/α,β-unsaturated/α-hetero) is 1. The maximum absolute atomic E-state index is 12.9. The second-order valence-electron chi connectivity index (χ2n) is 6.71. The third-order valence-corrected chi connectivity index (χ3v) is 4.71. The van der Waals surface area contributed by atoms with Crippen molar-refractivity contribution in [3.63, 3.8) is 0 Å². The van der Waals surface area contributed by atoms with Crippen LogP contribution in [0.3, 0.4) is 0 Å². The van der Waals surface area contributed by atoms with E-state index in [0.717, 1.165) is 11.1 Å². The van der Waals surface area contributed by atoms with Gasteiger partial charge in [-0.1, -0.05) is 60.2 Å². The summed E-state index contributed by atoms with van der Waals surface area (Å²) in [6, 6.07) is 15.7. The van der Waals surface area contributed by atoms with Gasteiger partial charge in [-0.05, 0) is 26.3 Å². The van der Waals surface area contributed by atoms with Crippen molar-refractivity contribution >= 4 is 17.6 Å². The fourth-order valence-electron chi connectivity index (χ4n) is 3.00. The van der Waals surface area contributed by atoms with Crippen LogP contribution in [0.2, 0.25) is 0 Å². The van der Waals surface area contributed by atoms with Crippen molar-refractivity contribution in [2.75, 3.05) is 13.1 Å². The summed E-state index contributed by atoms with van der Waals surface area (Å²) in [5.41, 5.74) is 2.41. The van der Waals surface area contributed by atoms with E-state index in [-0.39, 0.29) is 30.4 Å². The highest BCUT2D eigenvalue weighted by atomic mass is 16.2. The first-order valence-corrected chi connectivity index (χ1v) is 9.69. The van der Waals surface area contributed by atoms with Gasteiger partial charge in [-0.25, -0.2) is 0 Å². The van der Waals surface area contributed by atoms with Crippen LogP contribution in [0.5, 0.6) is 0 Å². The molecule has 0 aliphatic rings. The summed E-state index contributed by atoms with van der Waals surface area (Å²) >= 11 is 0. The van der Waals surface area contributed by atoms with Crippen LogP contribution >= 0.6 is 0 Å². The number of ketones is 1. The van der Waals surface area contributed by atoms with E-state index >= 15 is 0 Å². The smallest absolute Gasteiger partial charge is 0.249 e. The van der Waals surface area contributed by atoms with E-state index < -0.39 is 6.04 Å². The van der Waals surface area contributed by atoms with Crippen molar-refractivity contribution in [3.8, 4) is 0 Å². The fourth-order valence-corrected chi connectivity index (χ4v) is 3.00. The van der Waals surface area contributed by atoms with E-state index in [9.17, 15) is 14.4 Å². The number of carbonyl (C=O) groups excluding carboxylic acids is 3. The number of rotatable bonds is 9. The monoisotopic (exact) mass is 380 g/mol. The molecule has 0 aromatic heterocycles. The molecule has 0 saturated heterocycles.